The van der Waals surface area contributed by atoms with E-state index in [-0.39, 0.29) is 0 Å². The SMILES string of the molecule is CC(CN)=NOCc1ccc(C)o1. The average molecular weight is 182 g/mol. The fourth-order valence-electron chi connectivity index (χ4n) is 0.806. The molecule has 0 spiro atoms. The van der Waals surface area contributed by atoms with Gasteiger partial charge in [0, 0.05) is 6.54 Å². The summed E-state index contributed by atoms with van der Waals surface area (Å²) in [4.78, 5) is 5.00. The van der Waals surface area contributed by atoms with Gasteiger partial charge in [-0.05, 0) is 26.0 Å². The first-order chi connectivity index (χ1) is 6.22. The van der Waals surface area contributed by atoms with Gasteiger partial charge in [0.25, 0.3) is 0 Å². The number of aryl methyl sites for hydroxylation is 1. The van der Waals surface area contributed by atoms with Gasteiger partial charge in [0.15, 0.2) is 6.61 Å². The molecule has 2 N–H and O–H groups in total. The summed E-state index contributed by atoms with van der Waals surface area (Å²) in [5.74, 6) is 1.64. The molecule has 0 unspecified atom stereocenters. The molecule has 0 amide bonds. The lowest BCUT2D eigenvalue weighted by Gasteiger charge is -1.97. The minimum absolute atomic E-state index is 0.352. The first-order valence-electron chi connectivity index (χ1n) is 4.13. The van der Waals surface area contributed by atoms with Crippen LogP contribution in [0.25, 0.3) is 0 Å². The second-order valence-corrected chi connectivity index (χ2v) is 2.82. The summed E-state index contributed by atoms with van der Waals surface area (Å²) in [7, 11) is 0. The van der Waals surface area contributed by atoms with Crippen LogP contribution in [0.3, 0.4) is 0 Å². The zero-order chi connectivity index (χ0) is 9.68. The van der Waals surface area contributed by atoms with E-state index in [9.17, 15) is 0 Å². The van der Waals surface area contributed by atoms with Crippen LogP contribution in [0.5, 0.6) is 0 Å². The van der Waals surface area contributed by atoms with Crippen molar-refractivity contribution in [2.45, 2.75) is 20.5 Å². The monoisotopic (exact) mass is 182 g/mol. The maximum atomic E-state index is 5.32. The number of furan rings is 1. The van der Waals surface area contributed by atoms with Crippen LogP contribution in [0, 0.1) is 6.92 Å². The predicted molar refractivity (Wildman–Crippen MR) is 50.4 cm³/mol. The van der Waals surface area contributed by atoms with Crippen LogP contribution >= 0.6 is 0 Å². The molecule has 0 fully saturated rings. The van der Waals surface area contributed by atoms with Gasteiger partial charge in [0.05, 0.1) is 5.71 Å². The summed E-state index contributed by atoms with van der Waals surface area (Å²) in [5, 5.41) is 3.78. The van der Waals surface area contributed by atoms with Crippen molar-refractivity contribution in [3.05, 3.63) is 23.7 Å². The third-order valence-electron chi connectivity index (χ3n) is 1.52. The number of oxime groups is 1. The maximum absolute atomic E-state index is 5.32. The normalized spacial score (nSPS) is 11.8. The van der Waals surface area contributed by atoms with E-state index in [4.69, 9.17) is 15.0 Å². The van der Waals surface area contributed by atoms with Crippen LogP contribution in [-0.4, -0.2) is 12.3 Å². The molecule has 0 atom stereocenters. The lowest BCUT2D eigenvalue weighted by molar-refractivity contribution is 0.113. The van der Waals surface area contributed by atoms with E-state index >= 15 is 0 Å². The highest BCUT2D eigenvalue weighted by molar-refractivity contribution is 5.83. The zero-order valence-corrected chi connectivity index (χ0v) is 7.91. The van der Waals surface area contributed by atoms with Gasteiger partial charge in [-0.1, -0.05) is 5.16 Å². The van der Waals surface area contributed by atoms with Gasteiger partial charge >= 0.3 is 0 Å². The summed E-state index contributed by atoms with van der Waals surface area (Å²) in [6.45, 7) is 4.47. The Morgan fingerprint density at radius 1 is 1.62 bits per heavy atom. The second kappa shape index (κ2) is 4.67. The van der Waals surface area contributed by atoms with Crippen molar-refractivity contribution in [1.82, 2.24) is 0 Å². The number of hydrogen-bond acceptors (Lipinski definition) is 4. The van der Waals surface area contributed by atoms with E-state index in [2.05, 4.69) is 5.16 Å². The lowest BCUT2D eigenvalue weighted by atomic mass is 10.4. The van der Waals surface area contributed by atoms with Crippen LogP contribution in [0.4, 0.5) is 0 Å². The van der Waals surface area contributed by atoms with Crippen LogP contribution < -0.4 is 5.73 Å². The molecule has 0 aliphatic heterocycles. The number of nitrogens with zero attached hydrogens (tertiary/aromatic N) is 1. The number of rotatable bonds is 4. The van der Waals surface area contributed by atoms with Crippen molar-refractivity contribution >= 4 is 5.71 Å². The number of nitrogens with two attached hydrogens (primary N) is 1. The first-order valence-corrected chi connectivity index (χ1v) is 4.13. The van der Waals surface area contributed by atoms with Crippen molar-refractivity contribution in [2.24, 2.45) is 10.9 Å². The fourth-order valence-corrected chi connectivity index (χ4v) is 0.806. The van der Waals surface area contributed by atoms with E-state index in [1.807, 2.05) is 26.0 Å². The Bertz CT molecular complexity index is 292. The third kappa shape index (κ3) is 3.29. The largest absolute Gasteiger partial charge is 0.463 e. The molecule has 4 heteroatoms. The molecule has 0 aliphatic carbocycles. The Hall–Kier alpha value is -1.29. The highest BCUT2D eigenvalue weighted by atomic mass is 16.6. The Labute approximate surface area is 77.4 Å². The molecule has 1 aromatic heterocycles. The van der Waals surface area contributed by atoms with Gasteiger partial charge < -0.3 is 15.0 Å². The molecule has 1 heterocycles. The quantitative estimate of drug-likeness (QED) is 0.566. The average Bonchev–Trinajstić information content (AvgIpc) is 2.51. The Morgan fingerprint density at radius 3 is 2.92 bits per heavy atom. The first kappa shape index (κ1) is 9.80. The molecule has 4 nitrogen and oxygen atoms in total. The topological polar surface area (TPSA) is 60.8 Å². The van der Waals surface area contributed by atoms with Crippen molar-refractivity contribution in [2.75, 3.05) is 6.54 Å². The maximum Gasteiger partial charge on any atom is 0.174 e. The van der Waals surface area contributed by atoms with Crippen molar-refractivity contribution in [1.29, 1.82) is 0 Å². The number of hydrogen-bond donors (Lipinski definition) is 1. The van der Waals surface area contributed by atoms with Crippen molar-refractivity contribution in [3.63, 3.8) is 0 Å². The molecule has 0 aliphatic rings. The molecule has 13 heavy (non-hydrogen) atoms. The van der Waals surface area contributed by atoms with E-state index < -0.39 is 0 Å². The van der Waals surface area contributed by atoms with Gasteiger partial charge in [-0.3, -0.25) is 0 Å². The minimum atomic E-state index is 0.352. The molecule has 0 aromatic carbocycles. The summed E-state index contributed by atoms with van der Waals surface area (Å²) in [5.41, 5.74) is 6.09. The standard InChI is InChI=1S/C9H14N2O2/c1-7(5-10)11-12-6-9-4-3-8(2)13-9/h3-4H,5-6,10H2,1-2H3. The summed E-state index contributed by atoms with van der Waals surface area (Å²) < 4.78 is 5.27. The van der Waals surface area contributed by atoms with Crippen molar-refractivity contribution < 1.29 is 9.25 Å². The Balaban J connectivity index is 2.35. The van der Waals surface area contributed by atoms with Gasteiger partial charge in [-0.25, -0.2) is 0 Å². The van der Waals surface area contributed by atoms with Gasteiger partial charge in [0.2, 0.25) is 0 Å². The molecule has 1 rings (SSSR count). The second-order valence-electron chi connectivity index (χ2n) is 2.82. The summed E-state index contributed by atoms with van der Waals surface area (Å²) in [6.07, 6.45) is 0. The highest BCUT2D eigenvalue weighted by Crippen LogP contribution is 2.07. The molecule has 0 radical (unpaired) electrons. The molecule has 0 saturated carbocycles. The van der Waals surface area contributed by atoms with Crippen LogP contribution in [0.2, 0.25) is 0 Å². The fraction of sp³-hybridized carbons (Fsp3) is 0.444. The van der Waals surface area contributed by atoms with Crippen LogP contribution in [0.1, 0.15) is 18.4 Å². The van der Waals surface area contributed by atoms with E-state index in [1.54, 1.807) is 0 Å². The third-order valence-corrected chi connectivity index (χ3v) is 1.52. The van der Waals surface area contributed by atoms with Gasteiger partial charge in [-0.2, -0.15) is 0 Å². The molecule has 1 aromatic rings. The molecule has 72 valence electrons. The van der Waals surface area contributed by atoms with Crippen molar-refractivity contribution in [3.8, 4) is 0 Å². The Morgan fingerprint density at radius 2 is 2.38 bits per heavy atom. The van der Waals surface area contributed by atoms with Gasteiger partial charge in [-0.15, -0.1) is 0 Å². The van der Waals surface area contributed by atoms with E-state index in [0.717, 1.165) is 17.2 Å². The summed E-state index contributed by atoms with van der Waals surface area (Å²) in [6, 6.07) is 3.75. The van der Waals surface area contributed by atoms with Crippen LogP contribution in [0.15, 0.2) is 21.7 Å². The molecule has 0 bridgehead atoms. The highest BCUT2D eigenvalue weighted by Gasteiger charge is 1.97. The molecular formula is C9H14N2O2. The lowest BCUT2D eigenvalue weighted by Crippen LogP contribution is -2.09. The molecular weight excluding hydrogens is 168 g/mol. The Kier molecular flexibility index (Phi) is 3.52. The molecule has 0 saturated heterocycles. The minimum Gasteiger partial charge on any atom is -0.463 e. The van der Waals surface area contributed by atoms with Gasteiger partial charge in [0.1, 0.15) is 11.5 Å². The van der Waals surface area contributed by atoms with Crippen LogP contribution in [-0.2, 0) is 11.4 Å². The summed E-state index contributed by atoms with van der Waals surface area (Å²) >= 11 is 0. The van der Waals surface area contributed by atoms with E-state index in [1.165, 1.54) is 0 Å². The predicted octanol–water partition coefficient (Wildman–Crippen LogP) is 1.44. The van der Waals surface area contributed by atoms with E-state index in [0.29, 0.717) is 13.2 Å². The smallest absolute Gasteiger partial charge is 0.174 e. The zero-order valence-electron chi connectivity index (χ0n) is 7.91.